The lowest BCUT2D eigenvalue weighted by Gasteiger charge is -2.32. The SMILES string of the molecule is CC1CCN(c2cc(F)cc(F)c2)CCC(C)N1. The van der Waals surface area contributed by atoms with Gasteiger partial charge in [-0.3, -0.25) is 0 Å². The molecule has 0 saturated carbocycles. The largest absolute Gasteiger partial charge is 0.371 e. The molecule has 100 valence electrons. The third-order valence-electron chi connectivity index (χ3n) is 3.45. The minimum Gasteiger partial charge on any atom is -0.371 e. The molecule has 1 heterocycles. The van der Waals surface area contributed by atoms with Crippen LogP contribution in [0, 0.1) is 11.6 Å². The molecule has 0 amide bonds. The Balaban J connectivity index is 2.15. The summed E-state index contributed by atoms with van der Waals surface area (Å²) < 4.78 is 26.5. The van der Waals surface area contributed by atoms with Gasteiger partial charge >= 0.3 is 0 Å². The topological polar surface area (TPSA) is 15.3 Å². The Morgan fingerprint density at radius 1 is 1.00 bits per heavy atom. The molecule has 0 radical (unpaired) electrons. The third-order valence-corrected chi connectivity index (χ3v) is 3.45. The fraction of sp³-hybridized carbons (Fsp3) is 0.571. The Bertz CT molecular complexity index is 377. The Morgan fingerprint density at radius 2 is 1.50 bits per heavy atom. The third kappa shape index (κ3) is 3.42. The Labute approximate surface area is 107 Å². The number of nitrogens with zero attached hydrogens (tertiary/aromatic N) is 1. The highest BCUT2D eigenvalue weighted by molar-refractivity contribution is 5.47. The van der Waals surface area contributed by atoms with Gasteiger partial charge in [0.1, 0.15) is 11.6 Å². The van der Waals surface area contributed by atoms with E-state index in [2.05, 4.69) is 24.1 Å². The van der Waals surface area contributed by atoms with Gasteiger partial charge in [-0.2, -0.15) is 0 Å². The molecule has 1 fully saturated rings. The van der Waals surface area contributed by atoms with Crippen LogP contribution in [0.25, 0.3) is 0 Å². The zero-order valence-corrected chi connectivity index (χ0v) is 10.9. The Morgan fingerprint density at radius 3 is 2.00 bits per heavy atom. The highest BCUT2D eigenvalue weighted by Crippen LogP contribution is 2.20. The maximum atomic E-state index is 13.2. The van der Waals surface area contributed by atoms with Gasteiger partial charge in [0.2, 0.25) is 0 Å². The molecule has 1 aromatic rings. The van der Waals surface area contributed by atoms with Crippen molar-refractivity contribution in [3.05, 3.63) is 29.8 Å². The summed E-state index contributed by atoms with van der Waals surface area (Å²) in [5.74, 6) is -1.02. The van der Waals surface area contributed by atoms with Gasteiger partial charge < -0.3 is 10.2 Å². The maximum Gasteiger partial charge on any atom is 0.128 e. The molecule has 2 rings (SSSR count). The molecule has 2 nitrogen and oxygen atoms in total. The van der Waals surface area contributed by atoms with Crippen molar-refractivity contribution in [1.29, 1.82) is 0 Å². The van der Waals surface area contributed by atoms with Crippen LogP contribution in [0.3, 0.4) is 0 Å². The molecular formula is C14H20F2N2. The van der Waals surface area contributed by atoms with Gasteiger partial charge in [0.25, 0.3) is 0 Å². The van der Waals surface area contributed by atoms with Gasteiger partial charge in [-0.1, -0.05) is 0 Å². The second-order valence-electron chi connectivity index (χ2n) is 5.16. The summed E-state index contributed by atoms with van der Waals surface area (Å²) >= 11 is 0. The Hall–Kier alpha value is -1.16. The second kappa shape index (κ2) is 5.65. The van der Waals surface area contributed by atoms with Crippen LogP contribution in [0.4, 0.5) is 14.5 Å². The summed E-state index contributed by atoms with van der Waals surface area (Å²) in [6.07, 6.45) is 1.95. The standard InChI is InChI=1S/C14H20F2N2/c1-10-3-5-18(6-4-11(2)17-10)14-8-12(15)7-13(16)9-14/h7-11,17H,3-6H2,1-2H3. The van der Waals surface area contributed by atoms with Crippen molar-refractivity contribution in [3.63, 3.8) is 0 Å². The molecule has 1 aliphatic heterocycles. The number of halogens is 2. The average molecular weight is 254 g/mol. The van der Waals surface area contributed by atoms with Crippen LogP contribution >= 0.6 is 0 Å². The number of nitrogens with one attached hydrogen (secondary N) is 1. The fourth-order valence-electron chi connectivity index (χ4n) is 2.44. The van der Waals surface area contributed by atoms with E-state index in [4.69, 9.17) is 0 Å². The first-order chi connectivity index (χ1) is 8.54. The van der Waals surface area contributed by atoms with Gasteiger partial charge in [-0.15, -0.1) is 0 Å². The second-order valence-corrected chi connectivity index (χ2v) is 5.16. The van der Waals surface area contributed by atoms with Crippen LogP contribution < -0.4 is 10.2 Å². The number of rotatable bonds is 1. The van der Waals surface area contributed by atoms with Gasteiger partial charge in [0.15, 0.2) is 0 Å². The molecular weight excluding hydrogens is 234 g/mol. The first-order valence-electron chi connectivity index (χ1n) is 6.51. The molecule has 2 unspecified atom stereocenters. The smallest absolute Gasteiger partial charge is 0.128 e. The van der Waals surface area contributed by atoms with E-state index in [1.807, 2.05) is 0 Å². The van der Waals surface area contributed by atoms with Gasteiger partial charge in [-0.25, -0.2) is 8.78 Å². The predicted octanol–water partition coefficient (Wildman–Crippen LogP) is 2.93. The maximum absolute atomic E-state index is 13.2. The molecule has 1 aliphatic rings. The predicted molar refractivity (Wildman–Crippen MR) is 69.9 cm³/mol. The highest BCUT2D eigenvalue weighted by Gasteiger charge is 2.17. The van der Waals surface area contributed by atoms with Crippen LogP contribution in [0.15, 0.2) is 18.2 Å². The number of hydrogen-bond acceptors (Lipinski definition) is 2. The zero-order valence-electron chi connectivity index (χ0n) is 10.9. The van der Waals surface area contributed by atoms with Crippen LogP contribution in [-0.2, 0) is 0 Å². The lowest BCUT2D eigenvalue weighted by molar-refractivity contribution is 0.404. The molecule has 4 heteroatoms. The molecule has 1 saturated heterocycles. The summed E-state index contributed by atoms with van der Waals surface area (Å²) in [5.41, 5.74) is 0.647. The molecule has 2 atom stereocenters. The number of anilines is 1. The molecule has 0 spiro atoms. The van der Waals surface area contributed by atoms with Crippen molar-refractivity contribution in [2.75, 3.05) is 18.0 Å². The van der Waals surface area contributed by atoms with E-state index in [-0.39, 0.29) is 0 Å². The van der Waals surface area contributed by atoms with E-state index >= 15 is 0 Å². The molecule has 0 bridgehead atoms. The summed E-state index contributed by atoms with van der Waals surface area (Å²) in [4.78, 5) is 2.07. The van der Waals surface area contributed by atoms with Crippen LogP contribution in [0.5, 0.6) is 0 Å². The summed E-state index contributed by atoms with van der Waals surface area (Å²) in [6, 6.07) is 4.60. The van der Waals surface area contributed by atoms with Gasteiger partial charge in [0, 0.05) is 36.9 Å². The normalized spacial score (nSPS) is 25.7. The highest BCUT2D eigenvalue weighted by atomic mass is 19.1. The van der Waals surface area contributed by atoms with Gasteiger partial charge in [0.05, 0.1) is 0 Å². The van der Waals surface area contributed by atoms with E-state index in [0.717, 1.165) is 32.0 Å². The van der Waals surface area contributed by atoms with Gasteiger partial charge in [-0.05, 0) is 38.8 Å². The van der Waals surface area contributed by atoms with E-state index in [1.54, 1.807) is 0 Å². The van der Waals surface area contributed by atoms with Crippen molar-refractivity contribution >= 4 is 5.69 Å². The van der Waals surface area contributed by atoms with Crippen molar-refractivity contribution in [1.82, 2.24) is 5.32 Å². The quantitative estimate of drug-likeness (QED) is 0.829. The van der Waals surface area contributed by atoms with E-state index in [0.29, 0.717) is 17.8 Å². The monoisotopic (exact) mass is 254 g/mol. The van der Waals surface area contributed by atoms with E-state index in [9.17, 15) is 8.78 Å². The van der Waals surface area contributed by atoms with Crippen molar-refractivity contribution in [2.45, 2.75) is 38.8 Å². The first-order valence-corrected chi connectivity index (χ1v) is 6.51. The molecule has 1 aromatic carbocycles. The zero-order chi connectivity index (χ0) is 13.1. The molecule has 1 N–H and O–H groups in total. The minimum absolute atomic E-state index is 0.432. The van der Waals surface area contributed by atoms with Crippen molar-refractivity contribution < 1.29 is 8.78 Å². The number of benzene rings is 1. The number of hydrogen-bond donors (Lipinski definition) is 1. The first kappa shape index (κ1) is 13.3. The van der Waals surface area contributed by atoms with E-state index < -0.39 is 11.6 Å². The fourth-order valence-corrected chi connectivity index (χ4v) is 2.44. The Kier molecular flexibility index (Phi) is 4.17. The average Bonchev–Trinajstić information content (AvgIpc) is 2.25. The van der Waals surface area contributed by atoms with Crippen LogP contribution in [0.1, 0.15) is 26.7 Å². The molecule has 0 aliphatic carbocycles. The lowest BCUT2D eigenvalue weighted by Crippen LogP contribution is -2.43. The minimum atomic E-state index is -0.508. The lowest BCUT2D eigenvalue weighted by atomic mass is 10.1. The van der Waals surface area contributed by atoms with Crippen LogP contribution in [-0.4, -0.2) is 25.2 Å². The van der Waals surface area contributed by atoms with Crippen molar-refractivity contribution in [3.8, 4) is 0 Å². The van der Waals surface area contributed by atoms with Crippen LogP contribution in [0.2, 0.25) is 0 Å². The summed E-state index contributed by atoms with van der Waals surface area (Å²) in [7, 11) is 0. The molecule has 0 aromatic heterocycles. The molecule has 18 heavy (non-hydrogen) atoms. The van der Waals surface area contributed by atoms with Crippen molar-refractivity contribution in [2.24, 2.45) is 0 Å². The summed E-state index contributed by atoms with van der Waals surface area (Å²) in [6.45, 7) is 5.94. The summed E-state index contributed by atoms with van der Waals surface area (Å²) in [5, 5.41) is 3.50. The van der Waals surface area contributed by atoms with E-state index in [1.165, 1.54) is 12.1 Å².